The van der Waals surface area contributed by atoms with Crippen LogP contribution in [0.4, 0.5) is 4.39 Å². The van der Waals surface area contributed by atoms with Crippen LogP contribution >= 0.6 is 0 Å². The van der Waals surface area contributed by atoms with E-state index in [0.29, 0.717) is 51.5 Å². The average Bonchev–Trinajstić information content (AvgIpc) is 3.08. The van der Waals surface area contributed by atoms with Gasteiger partial charge >= 0.3 is 0 Å². The predicted molar refractivity (Wildman–Crippen MR) is 115 cm³/mol. The summed E-state index contributed by atoms with van der Waals surface area (Å²) >= 11 is 0. The van der Waals surface area contributed by atoms with Crippen LogP contribution in [0.15, 0.2) is 30.3 Å². The summed E-state index contributed by atoms with van der Waals surface area (Å²) in [6.45, 7) is 9.32. The summed E-state index contributed by atoms with van der Waals surface area (Å²) in [6, 6.07) is 8.15. The molecule has 0 aliphatic carbocycles. The number of aromatic nitrogens is 1. The Labute approximate surface area is 182 Å². The van der Waals surface area contributed by atoms with Crippen molar-refractivity contribution in [3.8, 4) is 5.69 Å². The molecule has 0 atom stereocenters. The van der Waals surface area contributed by atoms with Gasteiger partial charge in [0.05, 0.1) is 25.3 Å². The molecule has 4 rings (SSSR count). The standard InChI is InChI=1S/C23H29FN4O3/c1-17-15-21(18(2)28(17)20-5-3-19(24)4-6-20)23(30)27-9-7-26(8-10-27)22(29)16-25-11-13-31-14-12-25/h3-6,15H,7-14,16H2,1-2H3. The summed E-state index contributed by atoms with van der Waals surface area (Å²) in [6.07, 6.45) is 0. The molecular formula is C23H29FN4O3. The largest absolute Gasteiger partial charge is 0.379 e. The molecule has 2 saturated heterocycles. The molecule has 1 aromatic carbocycles. The monoisotopic (exact) mass is 428 g/mol. The third kappa shape index (κ3) is 4.65. The number of piperazine rings is 1. The zero-order chi connectivity index (χ0) is 22.0. The molecule has 0 radical (unpaired) electrons. The smallest absolute Gasteiger partial charge is 0.255 e. The third-order valence-electron chi connectivity index (χ3n) is 6.13. The number of carbonyl (C=O) groups excluding carboxylic acids is 2. The molecule has 2 aromatic rings. The molecule has 2 fully saturated rings. The zero-order valence-corrected chi connectivity index (χ0v) is 18.1. The summed E-state index contributed by atoms with van der Waals surface area (Å²) in [5.41, 5.74) is 3.23. The molecule has 2 aliphatic heterocycles. The topological polar surface area (TPSA) is 58.0 Å². The first kappa shape index (κ1) is 21.5. The summed E-state index contributed by atoms with van der Waals surface area (Å²) in [7, 11) is 0. The van der Waals surface area contributed by atoms with Crippen molar-refractivity contribution >= 4 is 11.8 Å². The molecule has 31 heavy (non-hydrogen) atoms. The Morgan fingerprint density at radius 3 is 2.19 bits per heavy atom. The van der Waals surface area contributed by atoms with Crippen molar-refractivity contribution in [2.45, 2.75) is 13.8 Å². The van der Waals surface area contributed by atoms with Gasteiger partial charge in [-0.05, 0) is 44.2 Å². The highest BCUT2D eigenvalue weighted by Gasteiger charge is 2.28. The number of amides is 2. The van der Waals surface area contributed by atoms with Crippen LogP contribution < -0.4 is 0 Å². The number of hydrogen-bond donors (Lipinski definition) is 0. The number of carbonyl (C=O) groups is 2. The first-order chi connectivity index (χ1) is 14.9. The second kappa shape index (κ2) is 9.20. The van der Waals surface area contributed by atoms with Gasteiger partial charge in [-0.3, -0.25) is 14.5 Å². The van der Waals surface area contributed by atoms with Gasteiger partial charge in [-0.25, -0.2) is 4.39 Å². The first-order valence-electron chi connectivity index (χ1n) is 10.8. The maximum atomic E-state index is 13.3. The molecule has 166 valence electrons. The van der Waals surface area contributed by atoms with Gasteiger partial charge in [0.25, 0.3) is 5.91 Å². The van der Waals surface area contributed by atoms with Gasteiger partial charge in [0.1, 0.15) is 5.82 Å². The van der Waals surface area contributed by atoms with Gasteiger partial charge in [0.2, 0.25) is 5.91 Å². The van der Waals surface area contributed by atoms with E-state index in [1.807, 2.05) is 34.3 Å². The highest BCUT2D eigenvalue weighted by molar-refractivity contribution is 5.96. The summed E-state index contributed by atoms with van der Waals surface area (Å²) < 4.78 is 20.6. The minimum atomic E-state index is -0.288. The molecule has 0 unspecified atom stereocenters. The molecule has 2 aliphatic rings. The van der Waals surface area contributed by atoms with E-state index in [0.717, 1.165) is 30.2 Å². The summed E-state index contributed by atoms with van der Waals surface area (Å²) in [4.78, 5) is 31.6. The van der Waals surface area contributed by atoms with E-state index < -0.39 is 0 Å². The van der Waals surface area contributed by atoms with Crippen LogP contribution in [0.2, 0.25) is 0 Å². The zero-order valence-electron chi connectivity index (χ0n) is 18.1. The quantitative estimate of drug-likeness (QED) is 0.746. The van der Waals surface area contributed by atoms with E-state index >= 15 is 0 Å². The number of nitrogens with zero attached hydrogens (tertiary/aromatic N) is 4. The van der Waals surface area contributed by atoms with Crippen molar-refractivity contribution in [1.82, 2.24) is 19.3 Å². The van der Waals surface area contributed by atoms with Crippen LogP contribution in [0.1, 0.15) is 21.7 Å². The van der Waals surface area contributed by atoms with E-state index in [1.165, 1.54) is 12.1 Å². The number of morpholine rings is 1. The normalized spacial score (nSPS) is 17.8. The van der Waals surface area contributed by atoms with Gasteiger partial charge in [-0.2, -0.15) is 0 Å². The van der Waals surface area contributed by atoms with Crippen LogP contribution in [-0.4, -0.2) is 90.1 Å². The van der Waals surface area contributed by atoms with Crippen molar-refractivity contribution in [2.24, 2.45) is 0 Å². The fraction of sp³-hybridized carbons (Fsp3) is 0.478. The third-order valence-corrected chi connectivity index (χ3v) is 6.13. The van der Waals surface area contributed by atoms with Crippen molar-refractivity contribution in [1.29, 1.82) is 0 Å². The predicted octanol–water partition coefficient (Wildman–Crippen LogP) is 1.85. The Morgan fingerprint density at radius 1 is 0.935 bits per heavy atom. The van der Waals surface area contributed by atoms with Gasteiger partial charge in [-0.1, -0.05) is 0 Å². The number of rotatable bonds is 4. The maximum absolute atomic E-state index is 13.3. The Morgan fingerprint density at radius 2 is 1.55 bits per heavy atom. The van der Waals surface area contributed by atoms with E-state index in [1.54, 1.807) is 12.1 Å². The van der Waals surface area contributed by atoms with Crippen LogP contribution in [0.3, 0.4) is 0 Å². The molecule has 1 aromatic heterocycles. The van der Waals surface area contributed by atoms with E-state index in [4.69, 9.17) is 4.74 Å². The average molecular weight is 429 g/mol. The van der Waals surface area contributed by atoms with Crippen molar-refractivity contribution < 1.29 is 18.7 Å². The number of benzene rings is 1. The molecule has 0 bridgehead atoms. The van der Waals surface area contributed by atoms with Crippen molar-refractivity contribution in [3.05, 3.63) is 53.1 Å². The Kier molecular flexibility index (Phi) is 6.38. The van der Waals surface area contributed by atoms with Crippen LogP contribution in [-0.2, 0) is 9.53 Å². The second-order valence-corrected chi connectivity index (χ2v) is 8.16. The van der Waals surface area contributed by atoms with Gasteiger partial charge < -0.3 is 19.1 Å². The molecule has 7 nitrogen and oxygen atoms in total. The molecular weight excluding hydrogens is 399 g/mol. The SMILES string of the molecule is Cc1cc(C(=O)N2CCN(C(=O)CN3CCOCC3)CC2)c(C)n1-c1ccc(F)cc1. The molecule has 2 amide bonds. The van der Waals surface area contributed by atoms with Gasteiger partial charge in [0.15, 0.2) is 0 Å². The van der Waals surface area contributed by atoms with Crippen LogP contribution in [0, 0.1) is 19.7 Å². The van der Waals surface area contributed by atoms with E-state index in [2.05, 4.69) is 4.90 Å². The highest BCUT2D eigenvalue weighted by Crippen LogP contribution is 2.23. The fourth-order valence-corrected chi connectivity index (χ4v) is 4.35. The second-order valence-electron chi connectivity index (χ2n) is 8.16. The van der Waals surface area contributed by atoms with Crippen LogP contribution in [0.25, 0.3) is 5.69 Å². The number of hydrogen-bond acceptors (Lipinski definition) is 4. The summed E-state index contributed by atoms with van der Waals surface area (Å²) in [5.74, 6) is -0.200. The van der Waals surface area contributed by atoms with E-state index in [9.17, 15) is 14.0 Å². The Balaban J connectivity index is 1.39. The Bertz CT molecular complexity index is 942. The lowest BCUT2D eigenvalue weighted by atomic mass is 10.2. The molecule has 3 heterocycles. The van der Waals surface area contributed by atoms with Crippen molar-refractivity contribution in [3.63, 3.8) is 0 Å². The number of ether oxygens (including phenoxy) is 1. The van der Waals surface area contributed by atoms with Crippen molar-refractivity contribution in [2.75, 3.05) is 59.0 Å². The van der Waals surface area contributed by atoms with E-state index in [-0.39, 0.29) is 17.6 Å². The Hall–Kier alpha value is -2.71. The minimum Gasteiger partial charge on any atom is -0.379 e. The van der Waals surface area contributed by atoms with Gasteiger partial charge in [-0.15, -0.1) is 0 Å². The first-order valence-corrected chi connectivity index (χ1v) is 10.8. The molecule has 0 saturated carbocycles. The number of halogens is 1. The lowest BCUT2D eigenvalue weighted by Crippen LogP contribution is -2.53. The summed E-state index contributed by atoms with van der Waals surface area (Å²) in [5, 5.41) is 0. The molecule has 0 spiro atoms. The minimum absolute atomic E-state index is 0.0262. The molecule has 0 N–H and O–H groups in total. The maximum Gasteiger partial charge on any atom is 0.255 e. The van der Waals surface area contributed by atoms with Gasteiger partial charge in [0, 0.05) is 56.3 Å². The highest BCUT2D eigenvalue weighted by atomic mass is 19.1. The lowest BCUT2D eigenvalue weighted by molar-refractivity contribution is -0.134. The number of aryl methyl sites for hydroxylation is 1. The lowest BCUT2D eigenvalue weighted by Gasteiger charge is -2.36. The fourth-order valence-electron chi connectivity index (χ4n) is 4.35. The van der Waals surface area contributed by atoms with Crippen LogP contribution in [0.5, 0.6) is 0 Å². The molecule has 8 heteroatoms.